The lowest BCUT2D eigenvalue weighted by Crippen LogP contribution is -2.34. The number of Topliss-reactive ketones (excluding diaryl/α,β-unsaturated/α-hetero) is 1. The van der Waals surface area contributed by atoms with Gasteiger partial charge in [-0.05, 0) is 61.4 Å². The highest BCUT2D eigenvalue weighted by molar-refractivity contribution is 5.95. The van der Waals surface area contributed by atoms with Gasteiger partial charge in [-0.1, -0.05) is 6.07 Å². The van der Waals surface area contributed by atoms with Crippen molar-refractivity contribution in [1.82, 2.24) is 5.32 Å². The van der Waals surface area contributed by atoms with Crippen molar-refractivity contribution in [1.29, 1.82) is 0 Å². The molecule has 1 amide bonds. The third-order valence-electron chi connectivity index (χ3n) is 5.41. The second kappa shape index (κ2) is 8.76. The van der Waals surface area contributed by atoms with Crippen LogP contribution in [-0.2, 0) is 17.6 Å². The molecule has 4 rings (SSSR count). The SMILES string of the molecule is CC(=O)c1ccc(F)c(-c2cc(C)cc3c2O[C@H](CNC(=O)CCc2ccco2)C3)c1. The summed E-state index contributed by atoms with van der Waals surface area (Å²) in [6, 6.07) is 11.9. The van der Waals surface area contributed by atoms with Crippen molar-refractivity contribution >= 4 is 11.7 Å². The molecule has 0 bridgehead atoms. The molecule has 0 unspecified atom stereocenters. The van der Waals surface area contributed by atoms with E-state index >= 15 is 0 Å². The smallest absolute Gasteiger partial charge is 0.220 e. The van der Waals surface area contributed by atoms with E-state index in [0.29, 0.717) is 48.2 Å². The van der Waals surface area contributed by atoms with E-state index < -0.39 is 5.82 Å². The van der Waals surface area contributed by atoms with Gasteiger partial charge in [-0.15, -0.1) is 0 Å². The van der Waals surface area contributed by atoms with Crippen LogP contribution in [0.5, 0.6) is 5.75 Å². The van der Waals surface area contributed by atoms with Gasteiger partial charge in [0, 0.05) is 36.0 Å². The fourth-order valence-corrected chi connectivity index (χ4v) is 3.86. The van der Waals surface area contributed by atoms with E-state index in [1.165, 1.54) is 19.1 Å². The number of ketones is 1. The number of ether oxygens (including phenoxy) is 1. The standard InChI is InChI=1S/C25H24FNO4/c1-15-10-18-12-20(14-27-24(29)8-6-19-4-3-9-30-19)31-25(18)22(11-15)21-13-17(16(2)28)5-7-23(21)26/h3-5,7,9-11,13,20H,6,8,12,14H2,1-2H3,(H,27,29)/t20-/m0/s1. The minimum atomic E-state index is -0.406. The zero-order valence-electron chi connectivity index (χ0n) is 17.5. The Morgan fingerprint density at radius 2 is 2.00 bits per heavy atom. The molecule has 1 N–H and O–H groups in total. The van der Waals surface area contributed by atoms with Gasteiger partial charge in [-0.25, -0.2) is 4.39 Å². The van der Waals surface area contributed by atoms with Gasteiger partial charge in [0.25, 0.3) is 0 Å². The van der Waals surface area contributed by atoms with Crippen LogP contribution in [0.25, 0.3) is 11.1 Å². The molecule has 31 heavy (non-hydrogen) atoms. The molecular formula is C25H24FNO4. The number of furan rings is 1. The number of nitrogens with one attached hydrogen (secondary N) is 1. The van der Waals surface area contributed by atoms with Crippen LogP contribution in [0.4, 0.5) is 4.39 Å². The van der Waals surface area contributed by atoms with E-state index in [2.05, 4.69) is 5.32 Å². The van der Waals surface area contributed by atoms with Gasteiger partial charge in [-0.3, -0.25) is 9.59 Å². The fourth-order valence-electron chi connectivity index (χ4n) is 3.86. The van der Waals surface area contributed by atoms with Crippen LogP contribution < -0.4 is 10.1 Å². The Hall–Kier alpha value is -3.41. The summed E-state index contributed by atoms with van der Waals surface area (Å²) in [4.78, 5) is 23.9. The van der Waals surface area contributed by atoms with Crippen LogP contribution in [0.3, 0.4) is 0 Å². The third kappa shape index (κ3) is 4.68. The summed E-state index contributed by atoms with van der Waals surface area (Å²) in [5.74, 6) is 0.778. The molecule has 1 atom stereocenters. The van der Waals surface area contributed by atoms with Crippen LogP contribution in [0.1, 0.15) is 40.6 Å². The average Bonchev–Trinajstić information content (AvgIpc) is 3.40. The van der Waals surface area contributed by atoms with Gasteiger partial charge in [0.05, 0.1) is 12.8 Å². The maximum absolute atomic E-state index is 14.6. The molecule has 0 saturated heterocycles. The highest BCUT2D eigenvalue weighted by Gasteiger charge is 2.28. The molecule has 3 aromatic rings. The van der Waals surface area contributed by atoms with Gasteiger partial charge in [0.2, 0.25) is 5.91 Å². The van der Waals surface area contributed by atoms with E-state index in [1.54, 1.807) is 18.4 Å². The van der Waals surface area contributed by atoms with E-state index in [4.69, 9.17) is 9.15 Å². The molecule has 2 heterocycles. The number of amides is 1. The first-order valence-corrected chi connectivity index (χ1v) is 10.3. The molecule has 2 aromatic carbocycles. The molecule has 0 fully saturated rings. The summed E-state index contributed by atoms with van der Waals surface area (Å²) >= 11 is 0. The summed E-state index contributed by atoms with van der Waals surface area (Å²) < 4.78 is 26.0. The molecule has 1 aliphatic heterocycles. The lowest BCUT2D eigenvalue weighted by atomic mass is 9.95. The predicted molar refractivity (Wildman–Crippen MR) is 115 cm³/mol. The minimum absolute atomic E-state index is 0.0763. The van der Waals surface area contributed by atoms with Crippen LogP contribution >= 0.6 is 0 Å². The predicted octanol–water partition coefficient (Wildman–Crippen LogP) is 4.65. The number of hydrogen-bond acceptors (Lipinski definition) is 4. The van der Waals surface area contributed by atoms with E-state index in [9.17, 15) is 14.0 Å². The first-order valence-electron chi connectivity index (χ1n) is 10.3. The second-order valence-electron chi connectivity index (χ2n) is 7.88. The van der Waals surface area contributed by atoms with Gasteiger partial charge in [0.15, 0.2) is 5.78 Å². The number of rotatable bonds is 7. The summed E-state index contributed by atoms with van der Waals surface area (Å²) in [6.07, 6.45) is 2.85. The zero-order chi connectivity index (χ0) is 22.0. The number of carbonyl (C=O) groups excluding carboxylic acids is 2. The molecule has 0 spiro atoms. The highest BCUT2D eigenvalue weighted by Crippen LogP contribution is 2.41. The van der Waals surface area contributed by atoms with Crippen molar-refractivity contribution in [3.8, 4) is 16.9 Å². The van der Waals surface area contributed by atoms with Crippen LogP contribution in [0.2, 0.25) is 0 Å². The number of aryl methyl sites for hydroxylation is 2. The molecule has 0 radical (unpaired) electrons. The van der Waals surface area contributed by atoms with Crippen LogP contribution in [-0.4, -0.2) is 24.3 Å². The molecule has 5 nitrogen and oxygen atoms in total. The van der Waals surface area contributed by atoms with Crippen molar-refractivity contribution < 1.29 is 23.1 Å². The number of benzene rings is 2. The highest BCUT2D eigenvalue weighted by atomic mass is 19.1. The Bertz CT molecular complexity index is 1120. The zero-order valence-corrected chi connectivity index (χ0v) is 17.5. The van der Waals surface area contributed by atoms with Gasteiger partial charge in [-0.2, -0.15) is 0 Å². The monoisotopic (exact) mass is 421 g/mol. The Labute approximate surface area is 180 Å². The fraction of sp³-hybridized carbons (Fsp3) is 0.280. The summed E-state index contributed by atoms with van der Waals surface area (Å²) in [6.45, 7) is 3.76. The topological polar surface area (TPSA) is 68.5 Å². The lowest BCUT2D eigenvalue weighted by molar-refractivity contribution is -0.121. The summed E-state index contributed by atoms with van der Waals surface area (Å²) in [5, 5.41) is 2.91. The number of fused-ring (bicyclic) bond motifs is 1. The molecule has 1 aliphatic rings. The quantitative estimate of drug-likeness (QED) is 0.564. The summed E-state index contributed by atoms with van der Waals surface area (Å²) in [5.41, 5.74) is 3.37. The number of halogens is 1. The maximum Gasteiger partial charge on any atom is 0.220 e. The minimum Gasteiger partial charge on any atom is -0.487 e. The molecule has 0 aliphatic carbocycles. The number of hydrogen-bond donors (Lipinski definition) is 1. The first-order chi connectivity index (χ1) is 14.9. The molecule has 1 aromatic heterocycles. The van der Waals surface area contributed by atoms with Crippen molar-refractivity contribution in [2.75, 3.05) is 6.54 Å². The largest absolute Gasteiger partial charge is 0.487 e. The molecular weight excluding hydrogens is 397 g/mol. The van der Waals surface area contributed by atoms with Gasteiger partial charge < -0.3 is 14.5 Å². The second-order valence-corrected chi connectivity index (χ2v) is 7.88. The first kappa shape index (κ1) is 20.8. The van der Waals surface area contributed by atoms with Crippen LogP contribution in [0.15, 0.2) is 53.1 Å². The Morgan fingerprint density at radius 3 is 2.74 bits per heavy atom. The van der Waals surface area contributed by atoms with Crippen molar-refractivity contribution in [2.24, 2.45) is 0 Å². The molecule has 0 saturated carbocycles. The average molecular weight is 421 g/mol. The van der Waals surface area contributed by atoms with Crippen molar-refractivity contribution in [3.63, 3.8) is 0 Å². The normalized spacial score (nSPS) is 14.7. The van der Waals surface area contributed by atoms with E-state index in [0.717, 1.165) is 16.9 Å². The third-order valence-corrected chi connectivity index (χ3v) is 5.41. The van der Waals surface area contributed by atoms with Gasteiger partial charge >= 0.3 is 0 Å². The van der Waals surface area contributed by atoms with Crippen molar-refractivity contribution in [2.45, 2.75) is 39.2 Å². The molecule has 6 heteroatoms. The van der Waals surface area contributed by atoms with E-state index in [-0.39, 0.29) is 17.8 Å². The Morgan fingerprint density at radius 1 is 1.16 bits per heavy atom. The van der Waals surface area contributed by atoms with Crippen molar-refractivity contribution in [3.05, 3.63) is 77.0 Å². The molecule has 160 valence electrons. The lowest BCUT2D eigenvalue weighted by Gasteiger charge is -2.15. The van der Waals surface area contributed by atoms with Gasteiger partial charge in [0.1, 0.15) is 23.4 Å². The Kier molecular flexibility index (Phi) is 5.89. The Balaban J connectivity index is 1.47. The summed E-state index contributed by atoms with van der Waals surface area (Å²) in [7, 11) is 0. The maximum atomic E-state index is 14.6. The van der Waals surface area contributed by atoms with E-state index in [1.807, 2.05) is 25.1 Å². The van der Waals surface area contributed by atoms with Crippen LogP contribution in [0, 0.1) is 12.7 Å². The number of carbonyl (C=O) groups is 2.